The molecule has 0 amide bonds. The maximum absolute atomic E-state index is 12.6. The Balaban J connectivity index is 1.84. The Bertz CT molecular complexity index is 600. The van der Waals surface area contributed by atoms with E-state index in [-0.39, 0.29) is 5.41 Å². The van der Waals surface area contributed by atoms with Crippen LogP contribution in [0.4, 0.5) is 0 Å². The van der Waals surface area contributed by atoms with Gasteiger partial charge in [-0.3, -0.25) is 4.79 Å². The average molecular weight is 315 g/mol. The van der Waals surface area contributed by atoms with Crippen LogP contribution in [0.5, 0.6) is 0 Å². The quantitative estimate of drug-likeness (QED) is 0.822. The molecule has 1 nitrogen and oxygen atoms in total. The highest BCUT2D eigenvalue weighted by Crippen LogP contribution is 2.49. The summed E-state index contributed by atoms with van der Waals surface area (Å²) < 4.78 is 1.02. The van der Waals surface area contributed by atoms with Crippen molar-refractivity contribution in [3.63, 3.8) is 0 Å². The first-order chi connectivity index (χ1) is 9.22. The lowest BCUT2D eigenvalue weighted by Gasteiger charge is -2.15. The zero-order valence-corrected chi connectivity index (χ0v) is 12.2. The van der Waals surface area contributed by atoms with Crippen LogP contribution in [0.1, 0.15) is 24.0 Å². The maximum atomic E-state index is 12.6. The molecule has 1 saturated carbocycles. The first kappa shape index (κ1) is 12.6. The fraction of sp³-hybridized carbons (Fsp3) is 0.235. The third-order valence-electron chi connectivity index (χ3n) is 3.92. The van der Waals surface area contributed by atoms with E-state index in [0.29, 0.717) is 12.2 Å². The van der Waals surface area contributed by atoms with Crippen LogP contribution >= 0.6 is 15.9 Å². The molecule has 0 unspecified atom stereocenters. The van der Waals surface area contributed by atoms with Gasteiger partial charge in [-0.1, -0.05) is 64.5 Å². The lowest BCUT2D eigenvalue weighted by atomic mass is 9.88. The molecule has 0 aliphatic heterocycles. The van der Waals surface area contributed by atoms with Crippen LogP contribution in [0.15, 0.2) is 59.1 Å². The molecule has 0 bridgehead atoms. The first-order valence-corrected chi connectivity index (χ1v) is 7.34. The Morgan fingerprint density at radius 1 is 1.00 bits per heavy atom. The number of benzene rings is 2. The summed E-state index contributed by atoms with van der Waals surface area (Å²) in [7, 11) is 0. The molecule has 3 rings (SSSR count). The Morgan fingerprint density at radius 2 is 1.63 bits per heavy atom. The number of halogens is 1. The van der Waals surface area contributed by atoms with Crippen LogP contribution in [-0.2, 0) is 16.6 Å². The summed E-state index contributed by atoms with van der Waals surface area (Å²) >= 11 is 3.52. The molecular weight excluding hydrogens is 300 g/mol. The van der Waals surface area contributed by atoms with Crippen molar-refractivity contribution in [2.24, 2.45) is 0 Å². The van der Waals surface area contributed by atoms with Gasteiger partial charge >= 0.3 is 0 Å². The van der Waals surface area contributed by atoms with Gasteiger partial charge in [0.2, 0.25) is 0 Å². The van der Waals surface area contributed by atoms with E-state index < -0.39 is 0 Å². The molecule has 0 radical (unpaired) electrons. The first-order valence-electron chi connectivity index (χ1n) is 6.55. The molecule has 96 valence electrons. The molecule has 2 aromatic rings. The molecular formula is C17H15BrO. The second-order valence-electron chi connectivity index (χ2n) is 5.14. The molecule has 0 aromatic heterocycles. The molecule has 0 heterocycles. The van der Waals surface area contributed by atoms with E-state index in [1.165, 1.54) is 5.56 Å². The van der Waals surface area contributed by atoms with Gasteiger partial charge in [-0.2, -0.15) is 0 Å². The van der Waals surface area contributed by atoms with Crippen LogP contribution in [0, 0.1) is 0 Å². The van der Waals surface area contributed by atoms with E-state index in [4.69, 9.17) is 0 Å². The lowest BCUT2D eigenvalue weighted by molar-refractivity contribution is -0.120. The van der Waals surface area contributed by atoms with Gasteiger partial charge in [0, 0.05) is 10.9 Å². The minimum absolute atomic E-state index is 0.212. The number of rotatable bonds is 4. The fourth-order valence-corrected chi connectivity index (χ4v) is 3.02. The van der Waals surface area contributed by atoms with E-state index in [9.17, 15) is 4.79 Å². The highest BCUT2D eigenvalue weighted by molar-refractivity contribution is 9.10. The summed E-state index contributed by atoms with van der Waals surface area (Å²) in [6.07, 6.45) is 2.48. The highest BCUT2D eigenvalue weighted by atomic mass is 79.9. The van der Waals surface area contributed by atoms with Crippen LogP contribution < -0.4 is 0 Å². The number of hydrogen-bond donors (Lipinski definition) is 0. The van der Waals surface area contributed by atoms with Gasteiger partial charge in [-0.15, -0.1) is 0 Å². The van der Waals surface area contributed by atoms with Gasteiger partial charge in [-0.05, 0) is 30.0 Å². The van der Waals surface area contributed by atoms with Gasteiger partial charge in [0.1, 0.15) is 5.78 Å². The predicted molar refractivity (Wildman–Crippen MR) is 80.2 cm³/mol. The van der Waals surface area contributed by atoms with Gasteiger partial charge in [0.15, 0.2) is 0 Å². The van der Waals surface area contributed by atoms with Crippen LogP contribution in [0.25, 0.3) is 0 Å². The Hall–Kier alpha value is -1.41. The number of Topliss-reactive ketones (excluding diaryl/α,β-unsaturated/α-hetero) is 1. The molecule has 0 atom stereocenters. The molecule has 1 aliphatic rings. The maximum Gasteiger partial charge on any atom is 0.147 e. The minimum atomic E-state index is -0.212. The standard InChI is InChI=1S/C17H15BrO/c18-15-9-5-4-6-13(15)12-16(19)17(10-11-17)14-7-2-1-3-8-14/h1-9H,10-12H2. The molecule has 2 aromatic carbocycles. The second kappa shape index (κ2) is 4.93. The van der Waals surface area contributed by atoms with Gasteiger partial charge in [0.05, 0.1) is 5.41 Å². The molecule has 1 aliphatic carbocycles. The van der Waals surface area contributed by atoms with Crippen LogP contribution in [-0.4, -0.2) is 5.78 Å². The van der Waals surface area contributed by atoms with E-state index in [1.807, 2.05) is 42.5 Å². The minimum Gasteiger partial charge on any atom is -0.298 e. The zero-order valence-electron chi connectivity index (χ0n) is 10.6. The fourth-order valence-electron chi connectivity index (χ4n) is 2.59. The highest BCUT2D eigenvalue weighted by Gasteiger charge is 2.50. The molecule has 2 heteroatoms. The van der Waals surface area contributed by atoms with Crippen molar-refractivity contribution in [3.05, 3.63) is 70.2 Å². The summed E-state index contributed by atoms with van der Waals surface area (Å²) in [5, 5.41) is 0. The predicted octanol–water partition coefficient (Wildman–Crippen LogP) is 4.29. The van der Waals surface area contributed by atoms with E-state index >= 15 is 0 Å². The van der Waals surface area contributed by atoms with E-state index in [0.717, 1.165) is 22.9 Å². The molecule has 0 N–H and O–H groups in total. The average Bonchev–Trinajstić information content (AvgIpc) is 3.24. The monoisotopic (exact) mass is 314 g/mol. The summed E-state index contributed by atoms with van der Waals surface area (Å²) in [5.41, 5.74) is 2.04. The Morgan fingerprint density at radius 3 is 2.26 bits per heavy atom. The molecule has 0 saturated heterocycles. The second-order valence-corrected chi connectivity index (χ2v) is 5.99. The van der Waals surface area contributed by atoms with Crippen LogP contribution in [0.3, 0.4) is 0 Å². The van der Waals surface area contributed by atoms with Crippen molar-refractivity contribution < 1.29 is 4.79 Å². The number of ketones is 1. The smallest absolute Gasteiger partial charge is 0.147 e. The third-order valence-corrected chi connectivity index (χ3v) is 4.69. The third kappa shape index (κ3) is 2.37. The summed E-state index contributed by atoms with van der Waals surface area (Å²) in [5.74, 6) is 0.339. The zero-order chi connectivity index (χ0) is 13.3. The number of carbonyl (C=O) groups excluding carboxylic acids is 1. The SMILES string of the molecule is O=C(Cc1ccccc1Br)C1(c2ccccc2)CC1. The summed E-state index contributed by atoms with van der Waals surface area (Å²) in [6.45, 7) is 0. The largest absolute Gasteiger partial charge is 0.298 e. The normalized spacial score (nSPS) is 16.1. The van der Waals surface area contributed by atoms with Gasteiger partial charge in [0.25, 0.3) is 0 Å². The van der Waals surface area contributed by atoms with Crippen molar-refractivity contribution in [1.29, 1.82) is 0 Å². The number of hydrogen-bond acceptors (Lipinski definition) is 1. The van der Waals surface area contributed by atoms with Crippen molar-refractivity contribution >= 4 is 21.7 Å². The Kier molecular flexibility index (Phi) is 3.28. The molecule has 19 heavy (non-hydrogen) atoms. The van der Waals surface area contributed by atoms with E-state index in [1.54, 1.807) is 0 Å². The van der Waals surface area contributed by atoms with Crippen LogP contribution in [0.2, 0.25) is 0 Å². The number of carbonyl (C=O) groups is 1. The van der Waals surface area contributed by atoms with E-state index in [2.05, 4.69) is 28.1 Å². The van der Waals surface area contributed by atoms with Crippen molar-refractivity contribution in [2.45, 2.75) is 24.7 Å². The molecule has 1 fully saturated rings. The lowest BCUT2D eigenvalue weighted by Crippen LogP contribution is -2.22. The summed E-state index contributed by atoms with van der Waals surface area (Å²) in [6, 6.07) is 18.1. The van der Waals surface area contributed by atoms with Crippen molar-refractivity contribution in [2.75, 3.05) is 0 Å². The topological polar surface area (TPSA) is 17.1 Å². The Labute approximate surface area is 121 Å². The molecule has 0 spiro atoms. The van der Waals surface area contributed by atoms with Gasteiger partial charge < -0.3 is 0 Å². The van der Waals surface area contributed by atoms with Crippen molar-refractivity contribution in [1.82, 2.24) is 0 Å². The van der Waals surface area contributed by atoms with Gasteiger partial charge in [-0.25, -0.2) is 0 Å². The van der Waals surface area contributed by atoms with Crippen molar-refractivity contribution in [3.8, 4) is 0 Å². The summed E-state index contributed by atoms with van der Waals surface area (Å²) in [4.78, 5) is 12.6.